The molecule has 2 atom stereocenters. The van der Waals surface area contributed by atoms with Gasteiger partial charge in [-0.15, -0.1) is 0 Å². The van der Waals surface area contributed by atoms with E-state index in [1.54, 1.807) is 0 Å². The van der Waals surface area contributed by atoms with Gasteiger partial charge in [-0.2, -0.15) is 87.1 Å². The van der Waals surface area contributed by atoms with E-state index in [1.807, 2.05) is 9.47 Å². The maximum Gasteiger partial charge on any atom is 0.460 e. The molecule has 0 aromatic rings. The van der Waals surface area contributed by atoms with Crippen molar-refractivity contribution in [2.24, 2.45) is 10.8 Å². The van der Waals surface area contributed by atoms with E-state index < -0.39 is 97.1 Å². The third kappa shape index (κ3) is 6.77. The first kappa shape index (κ1) is 41.6. The van der Waals surface area contributed by atoms with Crippen LogP contribution in [0.5, 0.6) is 0 Å². The van der Waals surface area contributed by atoms with Crippen molar-refractivity contribution < 1.29 is 106 Å². The number of ether oxygens (including phenoxy) is 2. The van der Waals surface area contributed by atoms with Crippen LogP contribution in [0.1, 0.15) is 47.0 Å². The van der Waals surface area contributed by atoms with Crippen LogP contribution in [0.4, 0.5) is 70.2 Å². The maximum atomic E-state index is 14.9. The van der Waals surface area contributed by atoms with Crippen molar-refractivity contribution in [2.75, 3.05) is 0 Å². The number of hydrogen-bond donors (Lipinski definition) is 2. The highest BCUT2D eigenvalue weighted by Crippen LogP contribution is 2.62. The van der Waals surface area contributed by atoms with Gasteiger partial charge >= 0.3 is 67.0 Å². The Hall–Kier alpha value is -1.38. The zero-order valence-corrected chi connectivity index (χ0v) is 23.0. The van der Waals surface area contributed by atoms with Crippen molar-refractivity contribution in [3.63, 3.8) is 0 Å². The van der Waals surface area contributed by atoms with Crippen LogP contribution in [0.25, 0.3) is 0 Å². The van der Waals surface area contributed by atoms with Crippen LogP contribution >= 0.6 is 0 Å². The van der Waals surface area contributed by atoms with Gasteiger partial charge in [-0.25, -0.2) is 9.47 Å². The standard InChI is InChI=1S/C17H20F16O8S2/c1-5-8(3,10(18,19)12(22,23)40-14(26,27)16(30,31)42(34,35)36)7-9(4,6-2)11(20,21)13(24,25)41-15(28,29)17(32,33)43(37,38)39/h5-7H2,1-4H3,(H,34,35,36)(H,37,38,39). The average molecular weight is 720 g/mol. The second kappa shape index (κ2) is 11.2. The van der Waals surface area contributed by atoms with Gasteiger partial charge in [0.15, 0.2) is 0 Å². The van der Waals surface area contributed by atoms with Gasteiger partial charge in [0, 0.05) is 10.8 Å². The normalized spacial score (nSPS) is 18.7. The first-order valence-electron chi connectivity index (χ1n) is 10.6. The molecule has 2 unspecified atom stereocenters. The summed E-state index contributed by atoms with van der Waals surface area (Å²) in [6.45, 7) is 0.206. The molecule has 0 radical (unpaired) electrons. The zero-order chi connectivity index (χ0) is 35.5. The number of hydrogen-bond acceptors (Lipinski definition) is 6. The number of alkyl halides is 16. The molecule has 0 heterocycles. The monoisotopic (exact) mass is 720 g/mol. The maximum absolute atomic E-state index is 14.9. The van der Waals surface area contributed by atoms with Gasteiger partial charge in [0.25, 0.3) is 0 Å². The summed E-state index contributed by atoms with van der Waals surface area (Å²) < 4.78 is 286. The summed E-state index contributed by atoms with van der Waals surface area (Å²) >= 11 is 0. The Kier molecular flexibility index (Phi) is 10.8. The van der Waals surface area contributed by atoms with Gasteiger partial charge < -0.3 is 0 Å². The lowest BCUT2D eigenvalue weighted by Crippen LogP contribution is -2.63. The molecule has 0 saturated carbocycles. The van der Waals surface area contributed by atoms with Gasteiger partial charge in [0.1, 0.15) is 0 Å². The highest BCUT2D eigenvalue weighted by molar-refractivity contribution is 7.87. The molecule has 0 saturated heterocycles. The van der Waals surface area contributed by atoms with E-state index in [0.29, 0.717) is 13.8 Å². The van der Waals surface area contributed by atoms with Gasteiger partial charge in [0.05, 0.1) is 0 Å². The van der Waals surface area contributed by atoms with E-state index in [1.165, 1.54) is 0 Å². The van der Waals surface area contributed by atoms with Crippen molar-refractivity contribution in [2.45, 2.75) is 93.7 Å². The Morgan fingerprint density at radius 1 is 0.488 bits per heavy atom. The van der Waals surface area contributed by atoms with Crippen LogP contribution in [0.2, 0.25) is 0 Å². The van der Waals surface area contributed by atoms with E-state index in [4.69, 9.17) is 9.11 Å². The fourth-order valence-corrected chi connectivity index (χ4v) is 4.03. The van der Waals surface area contributed by atoms with E-state index >= 15 is 0 Å². The molecule has 0 aliphatic carbocycles. The molecule has 260 valence electrons. The molecule has 0 aromatic heterocycles. The first-order valence-corrected chi connectivity index (χ1v) is 13.5. The van der Waals surface area contributed by atoms with Crippen LogP contribution in [-0.2, 0) is 29.7 Å². The summed E-state index contributed by atoms with van der Waals surface area (Å²) in [6, 6.07) is 0. The molecule has 0 spiro atoms. The largest absolute Gasteiger partial charge is 0.460 e. The van der Waals surface area contributed by atoms with Gasteiger partial charge in [-0.05, 0) is 19.3 Å². The second-order valence-electron chi connectivity index (χ2n) is 9.41. The average Bonchev–Trinajstić information content (AvgIpc) is 2.75. The number of halogens is 16. The van der Waals surface area contributed by atoms with Crippen molar-refractivity contribution in [1.82, 2.24) is 0 Å². The van der Waals surface area contributed by atoms with Crippen LogP contribution in [0.3, 0.4) is 0 Å². The Morgan fingerprint density at radius 3 is 0.860 bits per heavy atom. The van der Waals surface area contributed by atoms with Crippen molar-refractivity contribution in [3.8, 4) is 0 Å². The molecule has 0 aliphatic rings. The van der Waals surface area contributed by atoms with Crippen LogP contribution in [-0.4, -0.2) is 72.7 Å². The first-order chi connectivity index (χ1) is 18.2. The summed E-state index contributed by atoms with van der Waals surface area (Å²) in [6.07, 6.45) is -34.4. The molecule has 0 bridgehead atoms. The fraction of sp³-hybridized carbons (Fsp3) is 1.00. The Labute approximate surface area is 231 Å². The quantitative estimate of drug-likeness (QED) is 0.131. The highest BCUT2D eigenvalue weighted by Gasteiger charge is 2.80. The molecule has 43 heavy (non-hydrogen) atoms. The van der Waals surface area contributed by atoms with Crippen molar-refractivity contribution in [1.29, 1.82) is 0 Å². The minimum absolute atomic E-state index is 0.257. The SMILES string of the molecule is CCC(C)(CC(C)(CC)C(F)(F)C(F)(F)OC(F)(F)C(F)(F)S(=O)(=O)O)C(F)(F)C(F)(F)OC(F)(F)C(F)(F)S(=O)(=O)O. The lowest BCUT2D eigenvalue weighted by Gasteiger charge is -2.48. The second-order valence-corrected chi connectivity index (χ2v) is 12.3. The van der Waals surface area contributed by atoms with E-state index in [9.17, 15) is 87.1 Å². The molecular weight excluding hydrogens is 700 g/mol. The molecule has 0 aromatic carbocycles. The Morgan fingerprint density at radius 2 is 0.698 bits per heavy atom. The van der Waals surface area contributed by atoms with Gasteiger partial charge in [-0.3, -0.25) is 9.11 Å². The Bertz CT molecular complexity index is 1140. The lowest BCUT2D eigenvalue weighted by molar-refractivity contribution is -0.478. The minimum atomic E-state index is -7.37. The number of rotatable bonds is 16. The molecule has 26 heteroatoms. The fourth-order valence-electron chi connectivity index (χ4n) is 3.35. The van der Waals surface area contributed by atoms with Crippen LogP contribution in [0.15, 0.2) is 0 Å². The Balaban J connectivity index is 6.91. The molecular formula is C17H20F16O8S2. The van der Waals surface area contributed by atoms with Crippen LogP contribution < -0.4 is 0 Å². The minimum Gasteiger partial charge on any atom is -0.281 e. The summed E-state index contributed by atoms with van der Waals surface area (Å²) in [7, 11) is -14.7. The van der Waals surface area contributed by atoms with E-state index in [0.717, 1.165) is 0 Å². The zero-order valence-electron chi connectivity index (χ0n) is 21.3. The molecule has 0 aliphatic heterocycles. The summed E-state index contributed by atoms with van der Waals surface area (Å²) in [5, 5.41) is -14.1. The van der Waals surface area contributed by atoms with Crippen molar-refractivity contribution in [3.05, 3.63) is 0 Å². The lowest BCUT2D eigenvalue weighted by atomic mass is 9.64. The molecule has 2 N–H and O–H groups in total. The third-order valence-corrected chi connectivity index (χ3v) is 8.20. The smallest absolute Gasteiger partial charge is 0.281 e. The predicted molar refractivity (Wildman–Crippen MR) is 106 cm³/mol. The molecule has 0 amide bonds. The molecule has 8 nitrogen and oxygen atoms in total. The topological polar surface area (TPSA) is 127 Å². The van der Waals surface area contributed by atoms with Gasteiger partial charge in [0.2, 0.25) is 0 Å². The van der Waals surface area contributed by atoms with E-state index in [2.05, 4.69) is 0 Å². The van der Waals surface area contributed by atoms with Crippen molar-refractivity contribution >= 4 is 20.2 Å². The molecule has 0 fully saturated rings. The van der Waals surface area contributed by atoms with Crippen LogP contribution in [0, 0.1) is 10.8 Å². The summed E-state index contributed by atoms with van der Waals surface area (Å²) in [5.74, 6) is -13.0. The summed E-state index contributed by atoms with van der Waals surface area (Å²) in [4.78, 5) is 0. The third-order valence-electron chi connectivity index (χ3n) is 6.43. The highest BCUT2D eigenvalue weighted by atomic mass is 32.2. The summed E-state index contributed by atoms with van der Waals surface area (Å²) in [5.41, 5.74) is -8.27. The predicted octanol–water partition coefficient (Wildman–Crippen LogP) is 6.85. The van der Waals surface area contributed by atoms with E-state index in [-0.39, 0.29) is 13.8 Å². The molecule has 0 rings (SSSR count). The van der Waals surface area contributed by atoms with Gasteiger partial charge in [-0.1, -0.05) is 27.7 Å².